The largest absolute Gasteiger partial charge is 0.369 e. The first kappa shape index (κ1) is 16.9. The summed E-state index contributed by atoms with van der Waals surface area (Å²) in [5.41, 5.74) is 6.38. The second kappa shape index (κ2) is 7.06. The van der Waals surface area contributed by atoms with Crippen LogP contribution in [0.25, 0.3) is 0 Å². The van der Waals surface area contributed by atoms with Crippen LogP contribution in [-0.2, 0) is 10.0 Å². The van der Waals surface area contributed by atoms with Crippen molar-refractivity contribution in [3.8, 4) is 0 Å². The van der Waals surface area contributed by atoms with Crippen molar-refractivity contribution >= 4 is 15.7 Å². The predicted molar refractivity (Wildman–Crippen MR) is 83.4 cm³/mol. The zero-order chi connectivity index (χ0) is 15.3. The van der Waals surface area contributed by atoms with Gasteiger partial charge in [-0.2, -0.15) is 0 Å². The van der Waals surface area contributed by atoms with Gasteiger partial charge in [-0.15, -0.1) is 0 Å². The molecule has 0 aliphatic carbocycles. The smallest absolute Gasteiger partial charge is 0.244 e. The minimum Gasteiger partial charge on any atom is -0.369 e. The average molecular weight is 299 g/mol. The Morgan fingerprint density at radius 3 is 2.30 bits per heavy atom. The van der Waals surface area contributed by atoms with Crippen LogP contribution in [0.2, 0.25) is 0 Å². The van der Waals surface area contributed by atoms with E-state index in [9.17, 15) is 8.42 Å². The summed E-state index contributed by atoms with van der Waals surface area (Å²) >= 11 is 0. The molecule has 0 unspecified atom stereocenters. The zero-order valence-corrected chi connectivity index (χ0v) is 13.5. The topological polar surface area (TPSA) is 66.6 Å². The molecule has 5 nitrogen and oxygen atoms in total. The molecule has 0 saturated carbocycles. The fourth-order valence-corrected chi connectivity index (χ4v) is 3.15. The maximum absolute atomic E-state index is 12.4. The van der Waals surface area contributed by atoms with E-state index in [0.717, 1.165) is 12.2 Å². The molecule has 0 aromatic heterocycles. The van der Waals surface area contributed by atoms with Gasteiger partial charge < -0.3 is 10.6 Å². The number of nitrogens with zero attached hydrogens (tertiary/aromatic N) is 2. The van der Waals surface area contributed by atoms with E-state index in [-0.39, 0.29) is 0 Å². The highest BCUT2D eigenvalue weighted by Crippen LogP contribution is 2.27. The third-order valence-corrected chi connectivity index (χ3v) is 4.81. The number of rotatable bonds is 7. The van der Waals surface area contributed by atoms with Crippen LogP contribution in [0, 0.1) is 5.92 Å². The van der Waals surface area contributed by atoms with Gasteiger partial charge in [-0.05, 0) is 18.1 Å². The molecular weight excluding hydrogens is 274 g/mol. The number of para-hydroxylation sites is 1. The summed E-state index contributed by atoms with van der Waals surface area (Å²) in [5, 5.41) is 0. The van der Waals surface area contributed by atoms with Gasteiger partial charge in [-0.3, -0.25) is 0 Å². The molecule has 0 amide bonds. The molecule has 0 spiro atoms. The monoisotopic (exact) mass is 299 g/mol. The summed E-state index contributed by atoms with van der Waals surface area (Å²) in [4.78, 5) is 2.38. The molecule has 6 heteroatoms. The molecular formula is C14H25N3O2S. The molecule has 0 aliphatic rings. The van der Waals surface area contributed by atoms with Crippen LogP contribution in [0.5, 0.6) is 0 Å². The molecule has 0 saturated heterocycles. The highest BCUT2D eigenvalue weighted by atomic mass is 32.2. The fraction of sp³-hybridized carbons (Fsp3) is 0.571. The van der Waals surface area contributed by atoms with Gasteiger partial charge in [0.2, 0.25) is 10.0 Å². The van der Waals surface area contributed by atoms with Crippen molar-refractivity contribution in [1.29, 1.82) is 0 Å². The number of sulfonamides is 1. The normalized spacial score (nSPS) is 12.2. The lowest BCUT2D eigenvalue weighted by Gasteiger charge is -2.28. The van der Waals surface area contributed by atoms with E-state index < -0.39 is 10.0 Å². The van der Waals surface area contributed by atoms with Crippen LogP contribution < -0.4 is 10.6 Å². The van der Waals surface area contributed by atoms with Crippen molar-refractivity contribution in [2.75, 3.05) is 38.6 Å². The summed E-state index contributed by atoms with van der Waals surface area (Å²) in [6.45, 7) is 6.11. The number of anilines is 1. The van der Waals surface area contributed by atoms with Crippen LogP contribution >= 0.6 is 0 Å². The van der Waals surface area contributed by atoms with Crippen molar-refractivity contribution in [3.63, 3.8) is 0 Å². The molecule has 0 aliphatic heterocycles. The van der Waals surface area contributed by atoms with Gasteiger partial charge in [0.05, 0.1) is 5.69 Å². The maximum atomic E-state index is 12.4. The number of hydrogen-bond acceptors (Lipinski definition) is 4. The third kappa shape index (κ3) is 3.94. The molecule has 0 atom stereocenters. The Bertz CT molecular complexity index is 527. The lowest BCUT2D eigenvalue weighted by Crippen LogP contribution is -2.34. The molecule has 1 aromatic rings. The first-order valence-electron chi connectivity index (χ1n) is 6.77. The number of benzene rings is 1. The average Bonchev–Trinajstić information content (AvgIpc) is 2.37. The molecule has 114 valence electrons. The Labute approximate surface area is 122 Å². The standard InChI is InChI=1S/C14H25N3O2S/c1-12(2)11-17(10-9-15)13-7-5-6-8-14(13)20(18,19)16(3)4/h5-8,12H,9-11,15H2,1-4H3. The van der Waals surface area contributed by atoms with Crippen LogP contribution in [0.1, 0.15) is 13.8 Å². The number of nitrogens with two attached hydrogens (primary N) is 1. The Morgan fingerprint density at radius 2 is 1.80 bits per heavy atom. The van der Waals surface area contributed by atoms with E-state index in [4.69, 9.17) is 5.73 Å². The molecule has 0 bridgehead atoms. The van der Waals surface area contributed by atoms with Gasteiger partial charge in [-0.1, -0.05) is 26.0 Å². The molecule has 1 aromatic carbocycles. The first-order valence-corrected chi connectivity index (χ1v) is 8.21. The third-order valence-electron chi connectivity index (χ3n) is 2.95. The van der Waals surface area contributed by atoms with E-state index in [1.807, 2.05) is 17.0 Å². The van der Waals surface area contributed by atoms with E-state index >= 15 is 0 Å². The SMILES string of the molecule is CC(C)CN(CCN)c1ccccc1S(=O)(=O)N(C)C. The van der Waals surface area contributed by atoms with Gasteiger partial charge in [0, 0.05) is 33.7 Å². The summed E-state index contributed by atoms with van der Waals surface area (Å²) < 4.78 is 26.1. The Balaban J connectivity index is 3.29. The fourth-order valence-electron chi connectivity index (χ4n) is 2.04. The Kier molecular flexibility index (Phi) is 5.98. The zero-order valence-electron chi connectivity index (χ0n) is 12.7. The molecule has 0 fully saturated rings. The highest BCUT2D eigenvalue weighted by molar-refractivity contribution is 7.89. The van der Waals surface area contributed by atoms with Crippen molar-refractivity contribution in [1.82, 2.24) is 4.31 Å². The van der Waals surface area contributed by atoms with Crippen LogP contribution in [0.15, 0.2) is 29.2 Å². The Hall–Kier alpha value is -1.11. The Morgan fingerprint density at radius 1 is 1.20 bits per heavy atom. The van der Waals surface area contributed by atoms with E-state index in [2.05, 4.69) is 13.8 Å². The van der Waals surface area contributed by atoms with Crippen molar-refractivity contribution in [2.24, 2.45) is 11.7 Å². The van der Waals surface area contributed by atoms with Crippen LogP contribution in [0.4, 0.5) is 5.69 Å². The quantitative estimate of drug-likeness (QED) is 0.825. The van der Waals surface area contributed by atoms with Crippen molar-refractivity contribution < 1.29 is 8.42 Å². The van der Waals surface area contributed by atoms with Gasteiger partial charge in [0.15, 0.2) is 0 Å². The second-order valence-corrected chi connectivity index (χ2v) is 7.50. The summed E-state index contributed by atoms with van der Waals surface area (Å²) in [7, 11) is -0.369. The second-order valence-electron chi connectivity index (χ2n) is 5.38. The van der Waals surface area contributed by atoms with Gasteiger partial charge in [-0.25, -0.2) is 12.7 Å². The number of hydrogen-bond donors (Lipinski definition) is 1. The minimum absolute atomic E-state index is 0.333. The lowest BCUT2D eigenvalue weighted by atomic mass is 10.2. The van der Waals surface area contributed by atoms with Crippen molar-refractivity contribution in [3.05, 3.63) is 24.3 Å². The van der Waals surface area contributed by atoms with E-state index in [1.165, 1.54) is 4.31 Å². The molecule has 2 N–H and O–H groups in total. The molecule has 1 rings (SSSR count). The summed E-state index contributed by atoms with van der Waals surface area (Å²) in [6.07, 6.45) is 0. The molecule has 20 heavy (non-hydrogen) atoms. The molecule has 0 heterocycles. The van der Waals surface area contributed by atoms with Gasteiger partial charge >= 0.3 is 0 Å². The summed E-state index contributed by atoms with van der Waals surface area (Å²) in [5.74, 6) is 0.427. The van der Waals surface area contributed by atoms with Crippen LogP contribution in [-0.4, -0.2) is 46.5 Å². The van der Waals surface area contributed by atoms with Gasteiger partial charge in [0.1, 0.15) is 4.90 Å². The minimum atomic E-state index is -3.46. The van der Waals surface area contributed by atoms with Crippen molar-refractivity contribution in [2.45, 2.75) is 18.7 Å². The maximum Gasteiger partial charge on any atom is 0.244 e. The lowest BCUT2D eigenvalue weighted by molar-refractivity contribution is 0.519. The first-order chi connectivity index (χ1) is 9.30. The predicted octanol–water partition coefficient (Wildman–Crippen LogP) is 1.36. The van der Waals surface area contributed by atoms with Crippen LogP contribution in [0.3, 0.4) is 0 Å². The molecule has 0 radical (unpaired) electrons. The van der Waals surface area contributed by atoms with E-state index in [0.29, 0.717) is 23.9 Å². The summed E-state index contributed by atoms with van der Waals surface area (Å²) in [6, 6.07) is 7.09. The van der Waals surface area contributed by atoms with E-state index in [1.54, 1.807) is 26.2 Å². The highest BCUT2D eigenvalue weighted by Gasteiger charge is 2.23. The van der Waals surface area contributed by atoms with Gasteiger partial charge in [0.25, 0.3) is 0 Å².